The Labute approximate surface area is 61.8 Å². The van der Waals surface area contributed by atoms with Crippen LogP contribution in [0.4, 0.5) is 4.39 Å². The monoisotopic (exact) mass is 145 g/mol. The fraction of sp³-hybridized carbons (Fsp3) is 1.00. The Bertz CT molecular complexity index is 132. The van der Waals surface area contributed by atoms with Gasteiger partial charge >= 0.3 is 0 Å². The van der Waals surface area contributed by atoms with Gasteiger partial charge in [0.25, 0.3) is 0 Å². The van der Waals surface area contributed by atoms with E-state index in [-0.39, 0.29) is 5.54 Å². The summed E-state index contributed by atoms with van der Waals surface area (Å²) in [4.78, 5) is 0. The van der Waals surface area contributed by atoms with Crippen LogP contribution in [-0.2, 0) is 0 Å². The molecule has 60 valence electrons. The molecule has 0 aliphatic heterocycles. The van der Waals surface area contributed by atoms with Crippen molar-refractivity contribution in [2.45, 2.75) is 44.8 Å². The predicted octanol–water partition coefficient (Wildman–Crippen LogP) is 1.86. The second kappa shape index (κ2) is 1.94. The smallest absolute Gasteiger partial charge is 0.111 e. The normalized spacial score (nSPS) is 47.4. The lowest BCUT2D eigenvalue weighted by Crippen LogP contribution is -2.61. The summed E-state index contributed by atoms with van der Waals surface area (Å²) < 4.78 is 13.0. The van der Waals surface area contributed by atoms with Gasteiger partial charge in [-0.1, -0.05) is 13.8 Å². The van der Waals surface area contributed by atoms with Crippen LogP contribution in [-0.4, -0.2) is 11.2 Å². The quantitative estimate of drug-likeness (QED) is 0.598. The highest BCUT2D eigenvalue weighted by Gasteiger charge is 2.51. The first-order valence-corrected chi connectivity index (χ1v) is 3.84. The zero-order valence-corrected chi connectivity index (χ0v) is 6.95. The van der Waals surface area contributed by atoms with Gasteiger partial charge < -0.3 is 5.73 Å². The summed E-state index contributed by atoms with van der Waals surface area (Å²) in [5, 5.41) is 0. The Balaban J connectivity index is 2.50. The molecule has 1 aliphatic carbocycles. The Morgan fingerprint density at radius 3 is 1.90 bits per heavy atom. The third kappa shape index (κ3) is 1.17. The van der Waals surface area contributed by atoms with E-state index in [2.05, 4.69) is 13.8 Å². The third-order valence-electron chi connectivity index (χ3n) is 2.55. The summed E-state index contributed by atoms with van der Waals surface area (Å²) in [6.45, 7) is 5.73. The van der Waals surface area contributed by atoms with Gasteiger partial charge in [-0.3, -0.25) is 0 Å². The van der Waals surface area contributed by atoms with Crippen LogP contribution in [0.5, 0.6) is 0 Å². The van der Waals surface area contributed by atoms with Crippen LogP contribution in [0.2, 0.25) is 0 Å². The summed E-state index contributed by atoms with van der Waals surface area (Å²) >= 11 is 0. The van der Waals surface area contributed by atoms with E-state index in [1.807, 2.05) is 0 Å². The molecule has 0 radical (unpaired) electrons. The van der Waals surface area contributed by atoms with E-state index >= 15 is 0 Å². The highest BCUT2D eigenvalue weighted by Crippen LogP contribution is 2.46. The lowest BCUT2D eigenvalue weighted by molar-refractivity contribution is -0.0204. The number of nitrogens with two attached hydrogens (primary N) is 1. The lowest BCUT2D eigenvalue weighted by atomic mass is 9.62. The number of rotatable bonds is 1. The molecule has 2 heteroatoms. The number of hydrogen-bond donors (Lipinski definition) is 1. The minimum Gasteiger partial charge on any atom is -0.325 e. The summed E-state index contributed by atoms with van der Waals surface area (Å²) in [5.41, 5.74) is 4.68. The number of halogens is 1. The lowest BCUT2D eigenvalue weighted by Gasteiger charge is -2.50. The molecule has 0 aromatic carbocycles. The first kappa shape index (κ1) is 7.99. The first-order chi connectivity index (χ1) is 4.36. The fourth-order valence-electron chi connectivity index (χ4n) is 1.73. The molecule has 1 aliphatic rings. The first-order valence-electron chi connectivity index (χ1n) is 3.84. The molecule has 1 rings (SSSR count). The van der Waals surface area contributed by atoms with Crippen molar-refractivity contribution >= 4 is 0 Å². The molecule has 1 saturated carbocycles. The van der Waals surface area contributed by atoms with Crippen LogP contribution in [0.1, 0.15) is 33.6 Å². The maximum Gasteiger partial charge on any atom is 0.111 e. The van der Waals surface area contributed by atoms with Gasteiger partial charge in [-0.25, -0.2) is 4.39 Å². The van der Waals surface area contributed by atoms with Crippen LogP contribution < -0.4 is 5.73 Å². The molecule has 2 N–H and O–H groups in total. The average molecular weight is 145 g/mol. The fourth-order valence-corrected chi connectivity index (χ4v) is 1.73. The van der Waals surface area contributed by atoms with Crippen molar-refractivity contribution in [2.24, 2.45) is 11.7 Å². The SMILES string of the molecule is CC(C)C1(N)CC(C)(F)C1. The summed E-state index contributed by atoms with van der Waals surface area (Å²) in [6, 6.07) is 0. The van der Waals surface area contributed by atoms with Gasteiger partial charge in [0.05, 0.1) is 0 Å². The van der Waals surface area contributed by atoms with Crippen molar-refractivity contribution in [3.8, 4) is 0 Å². The van der Waals surface area contributed by atoms with Gasteiger partial charge in [0, 0.05) is 5.54 Å². The molecule has 0 atom stereocenters. The molecule has 0 heterocycles. The Morgan fingerprint density at radius 2 is 1.80 bits per heavy atom. The van der Waals surface area contributed by atoms with Crippen LogP contribution in [0.25, 0.3) is 0 Å². The largest absolute Gasteiger partial charge is 0.325 e. The molecule has 0 unspecified atom stereocenters. The van der Waals surface area contributed by atoms with E-state index in [4.69, 9.17) is 5.73 Å². The van der Waals surface area contributed by atoms with Gasteiger partial charge in [0.2, 0.25) is 0 Å². The molecule has 0 aromatic heterocycles. The van der Waals surface area contributed by atoms with Crippen molar-refractivity contribution in [3.63, 3.8) is 0 Å². The maximum atomic E-state index is 13.0. The molecule has 1 fully saturated rings. The summed E-state index contributed by atoms with van der Waals surface area (Å²) in [7, 11) is 0. The number of alkyl halides is 1. The minimum atomic E-state index is -0.987. The maximum absolute atomic E-state index is 13.0. The van der Waals surface area contributed by atoms with Crippen molar-refractivity contribution < 1.29 is 4.39 Å². The molecular formula is C8H16FN. The highest BCUT2D eigenvalue weighted by molar-refractivity contribution is 5.07. The van der Waals surface area contributed by atoms with Crippen LogP contribution in [0.3, 0.4) is 0 Å². The van der Waals surface area contributed by atoms with E-state index in [0.29, 0.717) is 18.8 Å². The van der Waals surface area contributed by atoms with E-state index in [1.54, 1.807) is 6.92 Å². The molecule has 0 saturated heterocycles. The van der Waals surface area contributed by atoms with E-state index in [0.717, 1.165) is 0 Å². The average Bonchev–Trinajstić information content (AvgIpc) is 1.59. The number of hydrogen-bond acceptors (Lipinski definition) is 1. The van der Waals surface area contributed by atoms with Gasteiger partial charge in [0.15, 0.2) is 0 Å². The summed E-state index contributed by atoms with van der Waals surface area (Å²) in [5.74, 6) is 0.399. The van der Waals surface area contributed by atoms with Crippen molar-refractivity contribution in [2.75, 3.05) is 0 Å². The molecule has 0 amide bonds. The Kier molecular flexibility index (Phi) is 1.55. The third-order valence-corrected chi connectivity index (χ3v) is 2.55. The molecule has 10 heavy (non-hydrogen) atoms. The highest BCUT2D eigenvalue weighted by atomic mass is 19.1. The van der Waals surface area contributed by atoms with Crippen molar-refractivity contribution in [1.29, 1.82) is 0 Å². The van der Waals surface area contributed by atoms with Crippen LogP contribution in [0, 0.1) is 5.92 Å². The zero-order valence-electron chi connectivity index (χ0n) is 6.95. The topological polar surface area (TPSA) is 26.0 Å². The van der Waals surface area contributed by atoms with Gasteiger partial charge in [0.1, 0.15) is 5.67 Å². The zero-order chi connectivity index (χ0) is 7.99. The van der Waals surface area contributed by atoms with Gasteiger partial charge in [-0.05, 0) is 25.7 Å². The van der Waals surface area contributed by atoms with Gasteiger partial charge in [-0.2, -0.15) is 0 Å². The van der Waals surface area contributed by atoms with Crippen LogP contribution >= 0.6 is 0 Å². The van der Waals surface area contributed by atoms with E-state index in [9.17, 15) is 4.39 Å². The Hall–Kier alpha value is -0.110. The predicted molar refractivity (Wildman–Crippen MR) is 40.5 cm³/mol. The molecule has 0 spiro atoms. The Morgan fingerprint density at radius 1 is 1.40 bits per heavy atom. The summed E-state index contributed by atoms with van der Waals surface area (Å²) in [6.07, 6.45) is 1.05. The second-order valence-electron chi connectivity index (χ2n) is 4.15. The van der Waals surface area contributed by atoms with Gasteiger partial charge in [-0.15, -0.1) is 0 Å². The molecule has 1 nitrogen and oxygen atoms in total. The molecular weight excluding hydrogens is 129 g/mol. The van der Waals surface area contributed by atoms with Crippen LogP contribution in [0.15, 0.2) is 0 Å². The van der Waals surface area contributed by atoms with Crippen molar-refractivity contribution in [1.82, 2.24) is 0 Å². The minimum absolute atomic E-state index is 0.219. The standard InChI is InChI=1S/C8H16FN/c1-6(2)8(10)4-7(3,9)5-8/h6H,4-5,10H2,1-3H3. The molecule has 0 aromatic rings. The van der Waals surface area contributed by atoms with Crippen molar-refractivity contribution in [3.05, 3.63) is 0 Å². The second-order valence-corrected chi connectivity index (χ2v) is 4.15. The molecule has 0 bridgehead atoms. The van der Waals surface area contributed by atoms with E-state index < -0.39 is 5.67 Å². The van der Waals surface area contributed by atoms with E-state index in [1.165, 1.54) is 0 Å².